The molecule has 3 fully saturated rings. The lowest BCUT2D eigenvalue weighted by Gasteiger charge is -2.09. The molecule has 3 aliphatic rings. The number of aromatic nitrogens is 2. The zero-order chi connectivity index (χ0) is 21.3. The van der Waals surface area contributed by atoms with E-state index in [0.29, 0.717) is 25.1 Å². The van der Waals surface area contributed by atoms with Gasteiger partial charge in [0.1, 0.15) is 5.82 Å². The van der Waals surface area contributed by atoms with Crippen molar-refractivity contribution in [2.75, 3.05) is 18.5 Å². The summed E-state index contributed by atoms with van der Waals surface area (Å²) in [5.74, 6) is -0.0873. The topological polar surface area (TPSA) is 159 Å². The number of ether oxygens (including phenoxy) is 1. The zero-order valence-electron chi connectivity index (χ0n) is 16.8. The van der Waals surface area contributed by atoms with Crippen molar-refractivity contribution in [1.29, 1.82) is 0 Å². The maximum atomic E-state index is 11.8. The Morgan fingerprint density at radius 2 is 1.90 bits per heavy atom. The number of nitrogens with zero attached hydrogens (tertiary/aromatic N) is 1. The summed E-state index contributed by atoms with van der Waals surface area (Å²) >= 11 is 0. The van der Waals surface area contributed by atoms with E-state index in [1.54, 1.807) is 12.3 Å². The average molecular weight is 409 g/mol. The van der Waals surface area contributed by atoms with Crippen molar-refractivity contribution in [2.45, 2.75) is 57.4 Å². The van der Waals surface area contributed by atoms with Crippen LogP contribution in [0.1, 0.15) is 51.9 Å². The van der Waals surface area contributed by atoms with E-state index >= 15 is 0 Å². The molecule has 0 aromatic carbocycles. The van der Waals surface area contributed by atoms with Gasteiger partial charge in [-0.25, -0.2) is 4.79 Å². The molecule has 10 heteroatoms. The van der Waals surface area contributed by atoms with Gasteiger partial charge in [0.05, 0.1) is 6.20 Å². The first kappa shape index (κ1) is 22.7. The highest BCUT2D eigenvalue weighted by Gasteiger charge is 2.38. The SMILES string of the molecule is C1CCOC1.CC1(NC(=O)O)CC1.NC(=O)C1CCC(C(=O)Nc2ccn[nH]2)C1. The largest absolute Gasteiger partial charge is 0.465 e. The van der Waals surface area contributed by atoms with Crippen LogP contribution >= 0.6 is 0 Å². The van der Waals surface area contributed by atoms with E-state index < -0.39 is 6.09 Å². The Bertz CT molecular complexity index is 663. The molecule has 2 saturated carbocycles. The van der Waals surface area contributed by atoms with Crippen LogP contribution < -0.4 is 16.4 Å². The highest BCUT2D eigenvalue weighted by Crippen LogP contribution is 2.34. The van der Waals surface area contributed by atoms with E-state index in [9.17, 15) is 14.4 Å². The molecule has 162 valence electrons. The van der Waals surface area contributed by atoms with E-state index in [1.165, 1.54) is 12.8 Å². The third-order valence-corrected chi connectivity index (χ3v) is 5.20. The number of hydrogen-bond acceptors (Lipinski definition) is 5. The lowest BCUT2D eigenvalue weighted by Crippen LogP contribution is -2.32. The number of amides is 3. The minimum Gasteiger partial charge on any atom is -0.465 e. The van der Waals surface area contributed by atoms with E-state index in [1.807, 2.05) is 6.92 Å². The van der Waals surface area contributed by atoms with Crippen molar-refractivity contribution < 1.29 is 24.2 Å². The molecule has 0 radical (unpaired) electrons. The van der Waals surface area contributed by atoms with Gasteiger partial charge in [0.25, 0.3) is 0 Å². The molecule has 2 atom stereocenters. The quantitative estimate of drug-likeness (QED) is 0.510. The van der Waals surface area contributed by atoms with Crippen LogP contribution in [0.2, 0.25) is 0 Å². The molecule has 0 bridgehead atoms. The predicted octanol–water partition coefficient (Wildman–Crippen LogP) is 1.85. The molecule has 1 aliphatic heterocycles. The Labute approximate surface area is 169 Å². The summed E-state index contributed by atoms with van der Waals surface area (Å²) in [7, 11) is 0. The third kappa shape index (κ3) is 8.51. The normalized spacial score (nSPS) is 23.6. The van der Waals surface area contributed by atoms with Crippen LogP contribution in [0.15, 0.2) is 12.3 Å². The first-order chi connectivity index (χ1) is 13.8. The second-order valence-corrected chi connectivity index (χ2v) is 7.88. The van der Waals surface area contributed by atoms with Crippen molar-refractivity contribution in [3.8, 4) is 0 Å². The maximum Gasteiger partial charge on any atom is 0.405 e. The summed E-state index contributed by atoms with van der Waals surface area (Å²) in [6.07, 6.45) is 7.15. The molecule has 0 spiro atoms. The van der Waals surface area contributed by atoms with E-state index in [4.69, 9.17) is 15.6 Å². The van der Waals surface area contributed by atoms with Gasteiger partial charge in [-0.05, 0) is 51.9 Å². The Morgan fingerprint density at radius 3 is 2.28 bits per heavy atom. The number of primary amides is 1. The number of carbonyl (C=O) groups excluding carboxylic acids is 2. The number of rotatable bonds is 4. The fourth-order valence-electron chi connectivity index (χ4n) is 3.12. The number of anilines is 1. The molecule has 1 saturated heterocycles. The molecule has 2 unspecified atom stereocenters. The highest BCUT2D eigenvalue weighted by molar-refractivity contribution is 5.92. The standard InChI is InChI=1S/C10H14N4O2.C5H9NO2.C4H8O/c11-9(15)6-1-2-7(5-6)10(16)13-8-3-4-12-14-8;1-5(2-3-5)6-4(7)8;1-2-4-5-3-1/h3-4,6-7H,1-2,5H2,(H2,11,15)(H2,12,13,14,16);6H,2-3H2,1H3,(H,7,8);1-4H2. The Balaban J connectivity index is 0.000000190. The van der Waals surface area contributed by atoms with Crippen molar-refractivity contribution in [2.24, 2.45) is 17.6 Å². The van der Waals surface area contributed by atoms with Gasteiger partial charge in [0, 0.05) is 36.7 Å². The summed E-state index contributed by atoms with van der Waals surface area (Å²) in [6, 6.07) is 1.68. The monoisotopic (exact) mass is 409 g/mol. The molecule has 1 aromatic heterocycles. The lowest BCUT2D eigenvalue weighted by molar-refractivity contribution is -0.122. The maximum absolute atomic E-state index is 11.8. The zero-order valence-corrected chi connectivity index (χ0v) is 16.8. The van der Waals surface area contributed by atoms with Crippen molar-refractivity contribution in [3.63, 3.8) is 0 Å². The molecular formula is C19H31N5O5. The van der Waals surface area contributed by atoms with Gasteiger partial charge in [-0.1, -0.05) is 0 Å². The third-order valence-electron chi connectivity index (χ3n) is 5.20. The van der Waals surface area contributed by atoms with Crippen LogP contribution in [-0.2, 0) is 14.3 Å². The first-order valence-corrected chi connectivity index (χ1v) is 9.97. The van der Waals surface area contributed by atoms with Crippen LogP contribution in [0.4, 0.5) is 10.6 Å². The molecule has 1 aromatic rings. The summed E-state index contributed by atoms with van der Waals surface area (Å²) < 4.78 is 4.94. The minimum absolute atomic E-state index is 0.0759. The van der Waals surface area contributed by atoms with Gasteiger partial charge in [-0.2, -0.15) is 5.10 Å². The fraction of sp³-hybridized carbons (Fsp3) is 0.684. The molecule has 4 rings (SSSR count). The summed E-state index contributed by atoms with van der Waals surface area (Å²) in [5, 5.41) is 19.7. The summed E-state index contributed by atoms with van der Waals surface area (Å²) in [4.78, 5) is 32.7. The second kappa shape index (κ2) is 10.8. The van der Waals surface area contributed by atoms with Crippen LogP contribution in [-0.4, -0.2) is 52.0 Å². The number of hydrogen-bond donors (Lipinski definition) is 5. The van der Waals surface area contributed by atoms with Gasteiger partial charge in [0.15, 0.2) is 0 Å². The second-order valence-electron chi connectivity index (χ2n) is 7.88. The number of carbonyl (C=O) groups is 3. The number of nitrogens with two attached hydrogens (primary N) is 1. The van der Waals surface area contributed by atoms with E-state index in [2.05, 4.69) is 20.8 Å². The Morgan fingerprint density at radius 1 is 1.24 bits per heavy atom. The van der Waals surface area contributed by atoms with Crippen molar-refractivity contribution in [3.05, 3.63) is 12.3 Å². The van der Waals surface area contributed by atoms with Gasteiger partial charge < -0.3 is 26.2 Å². The fourth-order valence-corrected chi connectivity index (χ4v) is 3.12. The number of aromatic amines is 1. The Hall–Kier alpha value is -2.62. The van der Waals surface area contributed by atoms with Crippen molar-refractivity contribution in [1.82, 2.24) is 15.5 Å². The molecule has 10 nitrogen and oxygen atoms in total. The molecule has 3 amide bonds. The van der Waals surface area contributed by atoms with Gasteiger partial charge in [-0.3, -0.25) is 14.7 Å². The molecule has 29 heavy (non-hydrogen) atoms. The van der Waals surface area contributed by atoms with Gasteiger partial charge in [-0.15, -0.1) is 0 Å². The predicted molar refractivity (Wildman–Crippen MR) is 106 cm³/mol. The molecule has 2 heterocycles. The smallest absolute Gasteiger partial charge is 0.405 e. The number of nitrogens with one attached hydrogen (secondary N) is 3. The molecule has 2 aliphatic carbocycles. The minimum atomic E-state index is -0.912. The van der Waals surface area contributed by atoms with Crippen LogP contribution in [0.3, 0.4) is 0 Å². The van der Waals surface area contributed by atoms with Gasteiger partial charge >= 0.3 is 6.09 Å². The lowest BCUT2D eigenvalue weighted by atomic mass is 10.0. The van der Waals surface area contributed by atoms with E-state index in [0.717, 1.165) is 26.1 Å². The van der Waals surface area contributed by atoms with Crippen LogP contribution in [0.25, 0.3) is 0 Å². The number of H-pyrrole nitrogens is 1. The Kier molecular flexibility index (Phi) is 8.44. The summed E-state index contributed by atoms with van der Waals surface area (Å²) in [5.41, 5.74) is 5.13. The molecule has 6 N–H and O–H groups in total. The van der Waals surface area contributed by atoms with E-state index in [-0.39, 0.29) is 29.2 Å². The van der Waals surface area contributed by atoms with Crippen LogP contribution in [0, 0.1) is 11.8 Å². The summed E-state index contributed by atoms with van der Waals surface area (Å²) in [6.45, 7) is 3.90. The van der Waals surface area contributed by atoms with Gasteiger partial charge in [0.2, 0.25) is 11.8 Å². The van der Waals surface area contributed by atoms with Crippen LogP contribution in [0.5, 0.6) is 0 Å². The molecular weight excluding hydrogens is 378 g/mol. The highest BCUT2D eigenvalue weighted by atomic mass is 16.5. The number of carboxylic acid groups (broad SMARTS) is 1. The van der Waals surface area contributed by atoms with Crippen molar-refractivity contribution >= 4 is 23.7 Å². The average Bonchev–Trinajstić information content (AvgIpc) is 3.23. The first-order valence-electron chi connectivity index (χ1n) is 9.97.